The van der Waals surface area contributed by atoms with Gasteiger partial charge in [-0.1, -0.05) is 0 Å². The smallest absolute Gasteiger partial charge is 0.160 e. The third kappa shape index (κ3) is 2.47. The van der Waals surface area contributed by atoms with Crippen molar-refractivity contribution in [1.82, 2.24) is 14.5 Å². The van der Waals surface area contributed by atoms with Crippen LogP contribution in [0.15, 0.2) is 12.3 Å². The highest BCUT2D eigenvalue weighted by molar-refractivity contribution is 6.16. The van der Waals surface area contributed by atoms with Gasteiger partial charge in [-0.2, -0.15) is 0 Å². The number of hydrogen-bond acceptors (Lipinski definition) is 3. The van der Waals surface area contributed by atoms with Gasteiger partial charge in [0.05, 0.1) is 18.5 Å². The number of alkyl halides is 1. The maximum absolute atomic E-state index is 6.02. The molecule has 1 aliphatic rings. The van der Waals surface area contributed by atoms with Crippen LogP contribution in [-0.2, 0) is 17.2 Å². The van der Waals surface area contributed by atoms with Crippen molar-refractivity contribution in [3.8, 4) is 0 Å². The van der Waals surface area contributed by atoms with Gasteiger partial charge >= 0.3 is 0 Å². The van der Waals surface area contributed by atoms with Gasteiger partial charge in [0.25, 0.3) is 0 Å². The molecule has 2 aromatic rings. The molecule has 0 bridgehead atoms. The van der Waals surface area contributed by atoms with Gasteiger partial charge in [0.2, 0.25) is 0 Å². The first-order valence-electron chi connectivity index (χ1n) is 6.78. The second-order valence-corrected chi connectivity index (χ2v) is 5.33. The summed E-state index contributed by atoms with van der Waals surface area (Å²) in [6.07, 6.45) is 5.60. The number of ether oxygens (including phenoxy) is 1. The largest absolute Gasteiger partial charge is 0.376 e. The van der Waals surface area contributed by atoms with E-state index in [0.717, 1.165) is 42.1 Å². The summed E-state index contributed by atoms with van der Waals surface area (Å²) in [6, 6.07) is 1.98. The Balaban J connectivity index is 1.98. The van der Waals surface area contributed by atoms with Crippen molar-refractivity contribution in [3.05, 3.63) is 23.7 Å². The van der Waals surface area contributed by atoms with Crippen LogP contribution >= 0.6 is 11.6 Å². The van der Waals surface area contributed by atoms with Gasteiger partial charge < -0.3 is 9.30 Å². The van der Waals surface area contributed by atoms with E-state index >= 15 is 0 Å². The van der Waals surface area contributed by atoms with Crippen LogP contribution in [0.5, 0.6) is 0 Å². The second kappa shape index (κ2) is 5.47. The average Bonchev–Trinajstić information content (AvgIpc) is 2.80. The van der Waals surface area contributed by atoms with Crippen LogP contribution in [0.1, 0.15) is 30.7 Å². The van der Waals surface area contributed by atoms with Crippen LogP contribution in [-0.4, -0.2) is 27.2 Å². The number of aromatic nitrogens is 3. The molecular weight excluding hydrogens is 262 g/mol. The van der Waals surface area contributed by atoms with Crippen molar-refractivity contribution < 1.29 is 4.74 Å². The lowest BCUT2D eigenvalue weighted by Gasteiger charge is -2.23. The SMILES string of the molecule is Cc1ccnc2c1nc(CCl)n2CC1CCCCO1. The molecule has 19 heavy (non-hydrogen) atoms. The van der Waals surface area contributed by atoms with Crippen molar-refractivity contribution in [3.63, 3.8) is 0 Å². The van der Waals surface area contributed by atoms with Crippen molar-refractivity contribution in [1.29, 1.82) is 0 Å². The summed E-state index contributed by atoms with van der Waals surface area (Å²) >= 11 is 6.02. The zero-order valence-corrected chi connectivity index (χ0v) is 11.9. The maximum Gasteiger partial charge on any atom is 0.160 e. The molecule has 1 atom stereocenters. The van der Waals surface area contributed by atoms with E-state index in [9.17, 15) is 0 Å². The Morgan fingerprint density at radius 2 is 2.37 bits per heavy atom. The first-order chi connectivity index (χ1) is 9.29. The van der Waals surface area contributed by atoms with Gasteiger partial charge in [-0.15, -0.1) is 11.6 Å². The molecule has 0 radical (unpaired) electrons. The summed E-state index contributed by atoms with van der Waals surface area (Å²) in [4.78, 5) is 9.07. The zero-order chi connectivity index (χ0) is 13.2. The van der Waals surface area contributed by atoms with Gasteiger partial charge in [-0.3, -0.25) is 0 Å². The van der Waals surface area contributed by atoms with Crippen LogP contribution in [0.3, 0.4) is 0 Å². The number of rotatable bonds is 3. The molecule has 0 aromatic carbocycles. The molecule has 0 spiro atoms. The van der Waals surface area contributed by atoms with Crippen molar-refractivity contribution in [2.75, 3.05) is 6.61 Å². The van der Waals surface area contributed by atoms with Crippen molar-refractivity contribution in [2.24, 2.45) is 0 Å². The van der Waals surface area contributed by atoms with Crippen molar-refractivity contribution >= 4 is 22.8 Å². The maximum atomic E-state index is 6.02. The first kappa shape index (κ1) is 12.9. The topological polar surface area (TPSA) is 39.9 Å². The number of halogens is 1. The zero-order valence-electron chi connectivity index (χ0n) is 11.1. The fraction of sp³-hybridized carbons (Fsp3) is 0.571. The molecule has 102 valence electrons. The number of nitrogens with zero attached hydrogens (tertiary/aromatic N) is 3. The molecule has 1 unspecified atom stereocenters. The van der Waals surface area contributed by atoms with E-state index in [4.69, 9.17) is 16.3 Å². The highest BCUT2D eigenvalue weighted by Crippen LogP contribution is 2.22. The summed E-state index contributed by atoms with van der Waals surface area (Å²) in [5.41, 5.74) is 3.01. The second-order valence-electron chi connectivity index (χ2n) is 5.06. The van der Waals surface area contributed by atoms with E-state index in [1.54, 1.807) is 0 Å². The van der Waals surface area contributed by atoms with Gasteiger partial charge in [-0.25, -0.2) is 9.97 Å². The molecule has 0 saturated carbocycles. The van der Waals surface area contributed by atoms with Gasteiger partial charge in [0.1, 0.15) is 11.3 Å². The lowest BCUT2D eigenvalue weighted by atomic mass is 10.1. The van der Waals surface area contributed by atoms with Crippen LogP contribution in [0.2, 0.25) is 0 Å². The first-order valence-corrected chi connectivity index (χ1v) is 7.31. The van der Waals surface area contributed by atoms with Crippen molar-refractivity contribution in [2.45, 2.75) is 44.7 Å². The highest BCUT2D eigenvalue weighted by atomic mass is 35.5. The Labute approximate surface area is 117 Å². The normalized spacial score (nSPS) is 20.0. The van der Waals surface area contributed by atoms with Crippen LogP contribution in [0.4, 0.5) is 0 Å². The van der Waals surface area contributed by atoms with Gasteiger partial charge in [0.15, 0.2) is 5.65 Å². The van der Waals surface area contributed by atoms with Crippen LogP contribution in [0.25, 0.3) is 11.2 Å². The molecule has 1 fully saturated rings. The highest BCUT2D eigenvalue weighted by Gasteiger charge is 2.19. The summed E-state index contributed by atoms with van der Waals surface area (Å²) < 4.78 is 7.93. The van der Waals surface area contributed by atoms with E-state index in [1.807, 2.05) is 12.3 Å². The average molecular weight is 280 g/mol. The van der Waals surface area contributed by atoms with Gasteiger partial charge in [-0.05, 0) is 37.8 Å². The minimum Gasteiger partial charge on any atom is -0.376 e. The third-order valence-electron chi connectivity index (χ3n) is 3.69. The van der Waals surface area contributed by atoms with E-state index in [-0.39, 0.29) is 6.10 Å². The molecule has 0 N–H and O–H groups in total. The molecule has 2 aromatic heterocycles. The molecule has 1 aliphatic heterocycles. The lowest BCUT2D eigenvalue weighted by Crippen LogP contribution is -2.25. The summed E-state index contributed by atoms with van der Waals surface area (Å²) in [5.74, 6) is 1.29. The monoisotopic (exact) mass is 279 g/mol. The fourth-order valence-corrected chi connectivity index (χ4v) is 2.84. The Morgan fingerprint density at radius 1 is 1.47 bits per heavy atom. The predicted molar refractivity (Wildman–Crippen MR) is 75.4 cm³/mol. The summed E-state index contributed by atoms with van der Waals surface area (Å²) in [7, 11) is 0. The number of pyridine rings is 1. The number of hydrogen-bond donors (Lipinski definition) is 0. The Kier molecular flexibility index (Phi) is 3.71. The van der Waals surface area contributed by atoms with E-state index in [1.165, 1.54) is 12.8 Å². The standard InChI is InChI=1S/C14H18ClN3O/c1-10-5-6-16-14-13(10)17-12(8-15)18(14)9-11-4-2-3-7-19-11/h5-6,11H,2-4,7-9H2,1H3. The Bertz CT molecular complexity index is 575. The number of fused-ring (bicyclic) bond motifs is 1. The minimum absolute atomic E-state index is 0.260. The summed E-state index contributed by atoms with van der Waals surface area (Å²) in [6.45, 7) is 3.71. The minimum atomic E-state index is 0.260. The molecule has 1 saturated heterocycles. The molecule has 3 heterocycles. The number of imidazole rings is 1. The third-order valence-corrected chi connectivity index (χ3v) is 3.93. The molecule has 4 nitrogen and oxygen atoms in total. The van der Waals surface area contributed by atoms with E-state index in [0.29, 0.717) is 5.88 Å². The lowest BCUT2D eigenvalue weighted by molar-refractivity contribution is 0.00619. The quantitative estimate of drug-likeness (QED) is 0.811. The van der Waals surface area contributed by atoms with E-state index < -0.39 is 0 Å². The molecule has 0 aliphatic carbocycles. The van der Waals surface area contributed by atoms with Gasteiger partial charge in [0, 0.05) is 12.8 Å². The van der Waals surface area contributed by atoms with Crippen LogP contribution in [0, 0.1) is 6.92 Å². The Hall–Kier alpha value is -1.13. The number of aryl methyl sites for hydroxylation is 1. The van der Waals surface area contributed by atoms with E-state index in [2.05, 4.69) is 21.5 Å². The molecular formula is C14H18ClN3O. The molecule has 3 rings (SSSR count). The fourth-order valence-electron chi connectivity index (χ4n) is 2.63. The predicted octanol–water partition coefficient (Wildman–Crippen LogP) is 3.05. The molecule has 5 heteroatoms. The Morgan fingerprint density at radius 3 is 3.11 bits per heavy atom. The summed E-state index contributed by atoms with van der Waals surface area (Å²) in [5, 5.41) is 0. The molecule has 0 amide bonds. The van der Waals surface area contributed by atoms with Crippen LogP contribution < -0.4 is 0 Å².